The number of ether oxygens (including phenoxy) is 2. The minimum absolute atomic E-state index is 0.0836. The molecule has 0 radical (unpaired) electrons. The number of hydrogen-bond donors (Lipinski definition) is 1. The predicted molar refractivity (Wildman–Crippen MR) is 114 cm³/mol. The lowest BCUT2D eigenvalue weighted by Crippen LogP contribution is -2.24. The van der Waals surface area contributed by atoms with E-state index >= 15 is 0 Å². The quantitative estimate of drug-likeness (QED) is 0.332. The Kier molecular flexibility index (Phi) is 6.66. The van der Waals surface area contributed by atoms with Gasteiger partial charge in [0.2, 0.25) is 0 Å². The Bertz CT molecular complexity index is 1140. The maximum atomic E-state index is 11.9. The van der Waals surface area contributed by atoms with E-state index < -0.39 is 10.8 Å². The van der Waals surface area contributed by atoms with E-state index in [0.717, 1.165) is 11.1 Å². The van der Waals surface area contributed by atoms with E-state index in [0.29, 0.717) is 28.6 Å². The molecular formula is C22H21N3O6. The van der Waals surface area contributed by atoms with E-state index in [1.807, 2.05) is 32.0 Å². The molecule has 1 heterocycles. The third kappa shape index (κ3) is 5.47. The number of rotatable bonds is 8. The summed E-state index contributed by atoms with van der Waals surface area (Å²) in [6.07, 6.45) is 1.34. The fourth-order valence-electron chi connectivity index (χ4n) is 2.87. The monoisotopic (exact) mass is 423 g/mol. The average molecular weight is 423 g/mol. The number of nitrogens with one attached hydrogen (secondary N) is 1. The number of furan rings is 1. The van der Waals surface area contributed by atoms with Gasteiger partial charge in [-0.15, -0.1) is 0 Å². The minimum atomic E-state index is -0.501. The van der Waals surface area contributed by atoms with E-state index in [1.54, 1.807) is 18.2 Å². The maximum Gasteiger partial charge on any atom is 0.277 e. The van der Waals surface area contributed by atoms with Crippen LogP contribution in [0.15, 0.2) is 58.0 Å². The van der Waals surface area contributed by atoms with Gasteiger partial charge in [0.05, 0.1) is 29.9 Å². The first-order valence-corrected chi connectivity index (χ1v) is 9.32. The summed E-state index contributed by atoms with van der Waals surface area (Å²) in [4.78, 5) is 22.3. The molecule has 2 aromatic carbocycles. The molecule has 9 nitrogen and oxygen atoms in total. The van der Waals surface area contributed by atoms with Crippen LogP contribution in [0.2, 0.25) is 0 Å². The van der Waals surface area contributed by atoms with Crippen molar-refractivity contribution < 1.29 is 23.6 Å². The lowest BCUT2D eigenvalue weighted by atomic mass is 10.1. The highest BCUT2D eigenvalue weighted by atomic mass is 16.6. The molecule has 0 bridgehead atoms. The van der Waals surface area contributed by atoms with Crippen molar-refractivity contribution in [3.63, 3.8) is 0 Å². The molecule has 0 aliphatic rings. The zero-order valence-electron chi connectivity index (χ0n) is 17.2. The van der Waals surface area contributed by atoms with Crippen LogP contribution in [0.3, 0.4) is 0 Å². The van der Waals surface area contributed by atoms with E-state index in [4.69, 9.17) is 13.9 Å². The number of hydrogen-bond acceptors (Lipinski definition) is 7. The van der Waals surface area contributed by atoms with Crippen molar-refractivity contribution in [2.45, 2.75) is 13.8 Å². The fourth-order valence-corrected chi connectivity index (χ4v) is 2.87. The summed E-state index contributed by atoms with van der Waals surface area (Å²) in [5, 5.41) is 14.8. The van der Waals surface area contributed by atoms with E-state index in [-0.39, 0.29) is 12.3 Å². The van der Waals surface area contributed by atoms with Gasteiger partial charge in [0.1, 0.15) is 23.0 Å². The molecule has 0 saturated heterocycles. The zero-order valence-corrected chi connectivity index (χ0v) is 17.2. The summed E-state index contributed by atoms with van der Waals surface area (Å²) in [5.41, 5.74) is 4.90. The Morgan fingerprint density at radius 1 is 1.16 bits per heavy atom. The normalized spacial score (nSPS) is 10.8. The van der Waals surface area contributed by atoms with E-state index in [1.165, 1.54) is 25.5 Å². The van der Waals surface area contributed by atoms with Gasteiger partial charge >= 0.3 is 0 Å². The smallest absolute Gasteiger partial charge is 0.277 e. The molecule has 0 aliphatic carbocycles. The zero-order chi connectivity index (χ0) is 22.4. The maximum absolute atomic E-state index is 11.9. The van der Waals surface area contributed by atoms with Crippen molar-refractivity contribution in [2.75, 3.05) is 13.7 Å². The number of nitro benzene ring substituents is 1. The summed E-state index contributed by atoms with van der Waals surface area (Å²) in [5.74, 6) is 1.35. The van der Waals surface area contributed by atoms with Gasteiger partial charge < -0.3 is 13.9 Å². The predicted octanol–water partition coefficient (Wildman–Crippen LogP) is 4.01. The van der Waals surface area contributed by atoms with Gasteiger partial charge in [-0.25, -0.2) is 5.43 Å². The highest BCUT2D eigenvalue weighted by Gasteiger charge is 2.15. The van der Waals surface area contributed by atoms with Gasteiger partial charge in [0, 0.05) is 6.07 Å². The number of carbonyl (C=O) groups is 1. The molecule has 3 aromatic rings. The third-order valence-corrected chi connectivity index (χ3v) is 4.36. The van der Waals surface area contributed by atoms with Crippen molar-refractivity contribution in [3.05, 3.63) is 75.5 Å². The second-order valence-electron chi connectivity index (χ2n) is 6.69. The summed E-state index contributed by atoms with van der Waals surface area (Å²) < 4.78 is 16.4. The van der Waals surface area contributed by atoms with Crippen molar-refractivity contribution in [3.8, 4) is 22.8 Å². The molecule has 1 aromatic heterocycles. The van der Waals surface area contributed by atoms with Crippen LogP contribution in [0.5, 0.6) is 11.5 Å². The Labute approximate surface area is 178 Å². The van der Waals surface area contributed by atoms with Gasteiger partial charge in [-0.1, -0.05) is 17.7 Å². The molecular weight excluding hydrogens is 402 g/mol. The van der Waals surface area contributed by atoms with Crippen LogP contribution in [0.1, 0.15) is 16.9 Å². The summed E-state index contributed by atoms with van der Waals surface area (Å²) in [7, 11) is 1.42. The lowest BCUT2D eigenvalue weighted by Gasteiger charge is -2.08. The molecule has 1 N–H and O–H groups in total. The molecule has 1 amide bonds. The fraction of sp³-hybridized carbons (Fsp3) is 0.182. The Balaban J connectivity index is 1.59. The summed E-state index contributed by atoms with van der Waals surface area (Å²) in [6, 6.07) is 13.3. The van der Waals surface area contributed by atoms with Crippen LogP contribution in [-0.2, 0) is 4.79 Å². The largest absolute Gasteiger partial charge is 0.496 e. The Morgan fingerprint density at radius 2 is 1.97 bits per heavy atom. The molecule has 0 aliphatic heterocycles. The topological polar surface area (TPSA) is 116 Å². The van der Waals surface area contributed by atoms with E-state index in [9.17, 15) is 14.9 Å². The molecule has 0 spiro atoms. The molecule has 0 unspecified atom stereocenters. The number of aryl methyl sites for hydroxylation is 2. The van der Waals surface area contributed by atoms with Gasteiger partial charge in [-0.3, -0.25) is 14.9 Å². The second-order valence-corrected chi connectivity index (χ2v) is 6.69. The molecule has 0 saturated carbocycles. The van der Waals surface area contributed by atoms with Gasteiger partial charge in [-0.05, 0) is 43.7 Å². The van der Waals surface area contributed by atoms with Crippen LogP contribution >= 0.6 is 0 Å². The van der Waals surface area contributed by atoms with Crippen LogP contribution in [0.25, 0.3) is 11.3 Å². The number of methoxy groups -OCH3 is 1. The summed E-state index contributed by atoms with van der Waals surface area (Å²) in [6.45, 7) is 3.72. The average Bonchev–Trinajstić information content (AvgIpc) is 3.21. The van der Waals surface area contributed by atoms with Gasteiger partial charge in [0.15, 0.2) is 6.61 Å². The Hall–Kier alpha value is -4.14. The van der Waals surface area contributed by atoms with Crippen molar-refractivity contribution in [1.82, 2.24) is 5.43 Å². The second kappa shape index (κ2) is 9.57. The SMILES string of the molecule is COc1cc([N+](=O)[O-])ccc1-c1ccc(/C=N\NC(=O)COc2ccc(C)cc2C)o1. The van der Waals surface area contributed by atoms with Crippen LogP contribution < -0.4 is 14.9 Å². The van der Waals surface area contributed by atoms with Gasteiger partial charge in [-0.2, -0.15) is 5.10 Å². The first kappa shape index (κ1) is 21.6. The number of benzene rings is 2. The standard InChI is InChI=1S/C22H21N3O6/c1-14-4-8-19(15(2)10-14)30-13-22(26)24-23-12-17-6-9-20(31-17)18-7-5-16(25(27)28)11-21(18)29-3/h4-12H,13H2,1-3H3,(H,24,26)/b23-12-. The van der Waals surface area contributed by atoms with Crippen molar-refractivity contribution in [2.24, 2.45) is 5.10 Å². The lowest BCUT2D eigenvalue weighted by molar-refractivity contribution is -0.384. The number of nitro groups is 1. The number of hydrazone groups is 1. The van der Waals surface area contributed by atoms with Crippen LogP contribution in [-0.4, -0.2) is 30.8 Å². The molecule has 3 rings (SSSR count). The van der Waals surface area contributed by atoms with Crippen LogP contribution in [0, 0.1) is 24.0 Å². The molecule has 0 fully saturated rings. The molecule has 0 atom stereocenters. The number of amides is 1. The Morgan fingerprint density at radius 3 is 2.68 bits per heavy atom. The number of non-ortho nitro benzene ring substituents is 1. The van der Waals surface area contributed by atoms with E-state index in [2.05, 4.69) is 10.5 Å². The minimum Gasteiger partial charge on any atom is -0.496 e. The highest BCUT2D eigenvalue weighted by Crippen LogP contribution is 2.34. The van der Waals surface area contributed by atoms with Gasteiger partial charge in [0.25, 0.3) is 11.6 Å². The summed E-state index contributed by atoms with van der Waals surface area (Å²) >= 11 is 0. The third-order valence-electron chi connectivity index (χ3n) is 4.36. The molecule has 9 heteroatoms. The molecule has 31 heavy (non-hydrogen) atoms. The first-order chi connectivity index (χ1) is 14.9. The number of carbonyl (C=O) groups excluding carboxylic acids is 1. The number of nitrogens with zero attached hydrogens (tertiary/aromatic N) is 2. The van der Waals surface area contributed by atoms with Crippen molar-refractivity contribution >= 4 is 17.8 Å². The van der Waals surface area contributed by atoms with Crippen molar-refractivity contribution in [1.29, 1.82) is 0 Å². The van der Waals surface area contributed by atoms with Crippen LogP contribution in [0.4, 0.5) is 5.69 Å². The highest BCUT2D eigenvalue weighted by molar-refractivity contribution is 5.82. The molecule has 160 valence electrons. The first-order valence-electron chi connectivity index (χ1n) is 9.32.